The molecule has 1 aliphatic rings. The van der Waals surface area contributed by atoms with E-state index in [2.05, 4.69) is 36.7 Å². The predicted molar refractivity (Wildman–Crippen MR) is 75.6 cm³/mol. The molecule has 0 spiro atoms. The minimum atomic E-state index is 0.154. The molecule has 0 unspecified atom stereocenters. The molecular weight excluding hydrogens is 292 g/mol. The number of hydrogen-bond acceptors (Lipinski definition) is 2. The van der Waals surface area contributed by atoms with E-state index in [9.17, 15) is 4.79 Å². The van der Waals surface area contributed by atoms with Crippen LogP contribution in [0.4, 0.5) is 0 Å². The molecule has 1 aromatic heterocycles. The topological polar surface area (TPSA) is 30.2 Å². The van der Waals surface area contributed by atoms with Crippen molar-refractivity contribution in [1.29, 1.82) is 0 Å². The summed E-state index contributed by atoms with van der Waals surface area (Å²) in [5.74, 6) is 1.57. The Morgan fingerprint density at radius 3 is 2.28 bits per heavy atom. The third-order valence-corrected chi connectivity index (χ3v) is 4.56. The third-order valence-electron chi connectivity index (χ3n) is 4.14. The summed E-state index contributed by atoms with van der Waals surface area (Å²) in [5.41, 5.74) is 0.363. The third kappa shape index (κ3) is 3.05. The predicted octanol–water partition coefficient (Wildman–Crippen LogP) is 5.08. The molecule has 0 aliphatic heterocycles. The van der Waals surface area contributed by atoms with Crippen LogP contribution < -0.4 is 0 Å². The molecule has 1 aromatic rings. The van der Waals surface area contributed by atoms with Crippen molar-refractivity contribution in [2.45, 2.75) is 46.5 Å². The summed E-state index contributed by atoms with van der Waals surface area (Å²) in [6.07, 6.45) is 4.31. The Bertz CT molecular complexity index is 420. The van der Waals surface area contributed by atoms with Crippen LogP contribution in [0.1, 0.15) is 57.0 Å². The van der Waals surface area contributed by atoms with Crippen LogP contribution in [0.3, 0.4) is 0 Å². The second-order valence-electron chi connectivity index (χ2n) is 6.38. The maximum absolute atomic E-state index is 12.3. The molecule has 18 heavy (non-hydrogen) atoms. The fourth-order valence-corrected chi connectivity index (χ4v) is 3.18. The first-order chi connectivity index (χ1) is 8.38. The first-order valence-electron chi connectivity index (χ1n) is 6.67. The monoisotopic (exact) mass is 312 g/mol. The van der Waals surface area contributed by atoms with Gasteiger partial charge in [0.15, 0.2) is 10.4 Å². The van der Waals surface area contributed by atoms with Crippen LogP contribution in [-0.4, -0.2) is 5.78 Å². The normalized spacial score (nSPS) is 25.1. The molecular formula is C15H21BrO2. The van der Waals surface area contributed by atoms with Crippen molar-refractivity contribution in [3.63, 3.8) is 0 Å². The zero-order chi connectivity index (χ0) is 13.3. The van der Waals surface area contributed by atoms with E-state index in [4.69, 9.17) is 4.42 Å². The van der Waals surface area contributed by atoms with Gasteiger partial charge in [0, 0.05) is 5.92 Å². The van der Waals surface area contributed by atoms with Crippen molar-refractivity contribution < 1.29 is 9.21 Å². The molecule has 0 saturated heterocycles. The number of Topliss-reactive ketones (excluding diaryl/α,β-unsaturated/α-hetero) is 1. The van der Waals surface area contributed by atoms with Gasteiger partial charge in [-0.25, -0.2) is 0 Å². The van der Waals surface area contributed by atoms with Gasteiger partial charge < -0.3 is 4.42 Å². The largest absolute Gasteiger partial charge is 0.446 e. The smallest absolute Gasteiger partial charge is 0.201 e. The zero-order valence-electron chi connectivity index (χ0n) is 11.3. The van der Waals surface area contributed by atoms with Gasteiger partial charge in [0.1, 0.15) is 0 Å². The molecule has 0 N–H and O–H groups in total. The van der Waals surface area contributed by atoms with Crippen LogP contribution in [0.25, 0.3) is 0 Å². The molecule has 0 bridgehead atoms. The maximum atomic E-state index is 12.3. The van der Waals surface area contributed by atoms with Gasteiger partial charge in [0.2, 0.25) is 5.78 Å². The summed E-state index contributed by atoms with van der Waals surface area (Å²) in [4.78, 5) is 12.3. The summed E-state index contributed by atoms with van der Waals surface area (Å²) < 4.78 is 5.99. The molecule has 1 aliphatic carbocycles. The van der Waals surface area contributed by atoms with E-state index in [1.54, 1.807) is 12.1 Å². The van der Waals surface area contributed by atoms with Gasteiger partial charge in [-0.05, 0) is 65.1 Å². The van der Waals surface area contributed by atoms with Crippen molar-refractivity contribution in [1.82, 2.24) is 0 Å². The van der Waals surface area contributed by atoms with E-state index in [1.165, 1.54) is 0 Å². The molecule has 1 saturated carbocycles. The number of halogens is 1. The maximum Gasteiger partial charge on any atom is 0.201 e. The zero-order valence-corrected chi connectivity index (χ0v) is 12.9. The lowest BCUT2D eigenvalue weighted by atomic mass is 9.69. The molecule has 0 amide bonds. The highest BCUT2D eigenvalue weighted by Gasteiger charge is 2.33. The minimum Gasteiger partial charge on any atom is -0.446 e. The fraction of sp³-hybridized carbons (Fsp3) is 0.667. The number of hydrogen-bond donors (Lipinski definition) is 0. The number of furan rings is 1. The molecule has 100 valence electrons. The Labute approximate surface area is 117 Å². The lowest BCUT2D eigenvalue weighted by Crippen LogP contribution is -2.28. The van der Waals surface area contributed by atoms with Crippen LogP contribution in [0, 0.1) is 17.3 Å². The highest BCUT2D eigenvalue weighted by Crippen LogP contribution is 2.40. The Morgan fingerprint density at radius 1 is 1.22 bits per heavy atom. The minimum absolute atomic E-state index is 0.154. The summed E-state index contributed by atoms with van der Waals surface area (Å²) in [6, 6.07) is 3.55. The average molecular weight is 313 g/mol. The van der Waals surface area contributed by atoms with E-state index in [0.29, 0.717) is 15.8 Å². The highest BCUT2D eigenvalue weighted by atomic mass is 79.9. The van der Waals surface area contributed by atoms with Crippen LogP contribution in [-0.2, 0) is 0 Å². The van der Waals surface area contributed by atoms with Crippen LogP contribution in [0.5, 0.6) is 0 Å². The second-order valence-corrected chi connectivity index (χ2v) is 7.16. The fourth-order valence-electron chi connectivity index (χ4n) is 2.87. The average Bonchev–Trinajstić information content (AvgIpc) is 2.74. The van der Waals surface area contributed by atoms with Crippen LogP contribution >= 0.6 is 15.9 Å². The standard InChI is InChI=1S/C15H21BrO2/c1-15(2,3)11-6-4-10(5-7-11)14(17)12-8-9-13(16)18-12/h8-11H,4-7H2,1-3H3. The van der Waals surface area contributed by atoms with Gasteiger partial charge in [0.25, 0.3) is 0 Å². The van der Waals surface area contributed by atoms with Crippen molar-refractivity contribution in [3.05, 3.63) is 22.6 Å². The van der Waals surface area contributed by atoms with Gasteiger partial charge in [-0.1, -0.05) is 20.8 Å². The summed E-state index contributed by atoms with van der Waals surface area (Å²) >= 11 is 3.24. The van der Waals surface area contributed by atoms with Crippen LogP contribution in [0.15, 0.2) is 21.2 Å². The number of ketones is 1. The van der Waals surface area contributed by atoms with Crippen LogP contribution in [0.2, 0.25) is 0 Å². The number of carbonyl (C=O) groups excluding carboxylic acids is 1. The molecule has 0 atom stereocenters. The van der Waals surface area contributed by atoms with Gasteiger partial charge in [-0.15, -0.1) is 0 Å². The first-order valence-corrected chi connectivity index (χ1v) is 7.47. The lowest BCUT2D eigenvalue weighted by molar-refractivity contribution is 0.0790. The van der Waals surface area contributed by atoms with Gasteiger partial charge in [0.05, 0.1) is 0 Å². The van der Waals surface area contributed by atoms with E-state index in [1.807, 2.05) is 0 Å². The second kappa shape index (κ2) is 5.20. The number of rotatable bonds is 2. The van der Waals surface area contributed by atoms with E-state index < -0.39 is 0 Å². The quantitative estimate of drug-likeness (QED) is 0.713. The number of carbonyl (C=O) groups is 1. The first kappa shape index (κ1) is 13.9. The Balaban J connectivity index is 1.96. The van der Waals surface area contributed by atoms with Gasteiger partial charge >= 0.3 is 0 Å². The van der Waals surface area contributed by atoms with Gasteiger partial charge in [-0.3, -0.25) is 4.79 Å². The van der Waals surface area contributed by atoms with E-state index >= 15 is 0 Å². The van der Waals surface area contributed by atoms with Crippen molar-refractivity contribution in [2.24, 2.45) is 17.3 Å². The van der Waals surface area contributed by atoms with Crippen molar-refractivity contribution in [2.75, 3.05) is 0 Å². The summed E-state index contributed by atoms with van der Waals surface area (Å²) in [6.45, 7) is 6.89. The Kier molecular flexibility index (Phi) is 4.00. The van der Waals surface area contributed by atoms with Crippen molar-refractivity contribution >= 4 is 21.7 Å². The molecule has 1 heterocycles. The molecule has 0 aromatic carbocycles. The molecule has 0 radical (unpaired) electrons. The van der Waals surface area contributed by atoms with E-state index in [-0.39, 0.29) is 11.7 Å². The van der Waals surface area contributed by atoms with Gasteiger partial charge in [-0.2, -0.15) is 0 Å². The SMILES string of the molecule is CC(C)(C)C1CCC(C(=O)c2ccc(Br)o2)CC1. The van der Waals surface area contributed by atoms with Crippen molar-refractivity contribution in [3.8, 4) is 0 Å². The Hall–Kier alpha value is -0.570. The molecule has 1 fully saturated rings. The highest BCUT2D eigenvalue weighted by molar-refractivity contribution is 9.10. The summed E-state index contributed by atoms with van der Waals surface area (Å²) in [7, 11) is 0. The van der Waals surface area contributed by atoms with E-state index in [0.717, 1.165) is 31.6 Å². The Morgan fingerprint density at radius 2 is 1.83 bits per heavy atom. The molecule has 2 nitrogen and oxygen atoms in total. The molecule has 2 rings (SSSR count). The molecule has 3 heteroatoms. The summed E-state index contributed by atoms with van der Waals surface area (Å²) in [5, 5.41) is 0. The lowest BCUT2D eigenvalue weighted by Gasteiger charge is -2.36.